The SMILES string of the molecule is Cc1cccc2scc(Cn3c(=O)n(CCS(=O)(=O)O)c4ccccc43)c12.NC(=O)c1ccccc1. The van der Waals surface area contributed by atoms with Gasteiger partial charge in [-0.15, -0.1) is 11.3 Å². The highest BCUT2D eigenvalue weighted by Gasteiger charge is 2.17. The van der Waals surface area contributed by atoms with Crippen molar-refractivity contribution >= 4 is 48.5 Å². The van der Waals surface area contributed by atoms with Gasteiger partial charge in [0.2, 0.25) is 5.91 Å². The predicted octanol–water partition coefficient (Wildman–Crippen LogP) is 4.05. The first-order valence-electron chi connectivity index (χ1n) is 11.1. The number of nitrogens with two attached hydrogens (primary N) is 1. The van der Waals surface area contributed by atoms with Gasteiger partial charge in [-0.25, -0.2) is 4.79 Å². The summed E-state index contributed by atoms with van der Waals surface area (Å²) >= 11 is 1.64. The average Bonchev–Trinajstić information content (AvgIpc) is 3.38. The summed E-state index contributed by atoms with van der Waals surface area (Å²) in [5, 5.41) is 3.22. The maximum Gasteiger partial charge on any atom is 0.329 e. The van der Waals surface area contributed by atoms with E-state index in [-0.39, 0.29) is 18.1 Å². The molecule has 5 aromatic rings. The van der Waals surface area contributed by atoms with E-state index in [1.165, 1.54) is 9.27 Å². The van der Waals surface area contributed by atoms with Crippen LogP contribution in [0.2, 0.25) is 0 Å². The van der Waals surface area contributed by atoms with E-state index in [9.17, 15) is 18.0 Å². The third-order valence-electron chi connectivity index (χ3n) is 5.77. The van der Waals surface area contributed by atoms with E-state index in [4.69, 9.17) is 10.3 Å². The molecule has 0 saturated carbocycles. The number of para-hydroxylation sites is 2. The number of benzene rings is 3. The number of fused-ring (bicyclic) bond motifs is 2. The molecule has 8 nitrogen and oxygen atoms in total. The van der Waals surface area contributed by atoms with Crippen molar-refractivity contribution in [3.05, 3.63) is 105 Å². The number of hydrogen-bond acceptors (Lipinski definition) is 5. The van der Waals surface area contributed by atoms with Crippen LogP contribution in [0.5, 0.6) is 0 Å². The largest absolute Gasteiger partial charge is 0.366 e. The maximum absolute atomic E-state index is 13.0. The Kier molecular flexibility index (Phi) is 7.39. The molecule has 5 rings (SSSR count). The topological polar surface area (TPSA) is 124 Å². The molecule has 0 fully saturated rings. The standard InChI is InChI=1S/C19H18N2O4S2.C7H7NO/c1-13-5-4-8-17-18(13)14(12-26-17)11-21-16-7-3-2-6-15(16)20(19(21)22)9-10-27(23,24)25;8-7(9)6-4-2-1-3-5-6/h2-8,12H,9-11H2,1H3,(H,23,24,25);1-5H,(H2,8,9). The Labute approximate surface area is 212 Å². The number of imidazole rings is 1. The van der Waals surface area contributed by atoms with E-state index in [1.807, 2.05) is 24.3 Å². The summed E-state index contributed by atoms with van der Waals surface area (Å²) in [6.45, 7) is 2.37. The van der Waals surface area contributed by atoms with Gasteiger partial charge in [0.25, 0.3) is 10.1 Å². The summed E-state index contributed by atoms with van der Waals surface area (Å²) in [5.41, 5.74) is 8.86. The Morgan fingerprint density at radius 3 is 2.19 bits per heavy atom. The fourth-order valence-electron chi connectivity index (χ4n) is 4.08. The molecule has 0 aliphatic heterocycles. The van der Waals surface area contributed by atoms with Crippen molar-refractivity contribution in [1.29, 1.82) is 0 Å². The molecule has 186 valence electrons. The Morgan fingerprint density at radius 2 is 1.58 bits per heavy atom. The van der Waals surface area contributed by atoms with Gasteiger partial charge in [-0.3, -0.25) is 18.5 Å². The number of rotatable bonds is 6. The Bertz CT molecular complexity index is 1700. The zero-order valence-electron chi connectivity index (χ0n) is 19.5. The van der Waals surface area contributed by atoms with Crippen molar-refractivity contribution < 1.29 is 17.8 Å². The fourth-order valence-corrected chi connectivity index (χ4v) is 5.52. The highest BCUT2D eigenvalue weighted by atomic mass is 32.2. The lowest BCUT2D eigenvalue weighted by molar-refractivity contribution is 0.1000. The number of hydrogen-bond donors (Lipinski definition) is 2. The quantitative estimate of drug-likeness (QED) is 0.325. The van der Waals surface area contributed by atoms with E-state index in [0.29, 0.717) is 17.6 Å². The van der Waals surface area contributed by atoms with Crippen molar-refractivity contribution in [2.45, 2.75) is 20.0 Å². The Morgan fingerprint density at radius 1 is 0.944 bits per heavy atom. The molecule has 0 unspecified atom stereocenters. The van der Waals surface area contributed by atoms with Crippen LogP contribution in [0.15, 0.2) is 83.0 Å². The van der Waals surface area contributed by atoms with Crippen LogP contribution in [0.3, 0.4) is 0 Å². The van der Waals surface area contributed by atoms with Gasteiger partial charge in [0.05, 0.1) is 23.3 Å². The summed E-state index contributed by atoms with van der Waals surface area (Å²) < 4.78 is 35.6. The highest BCUT2D eigenvalue weighted by molar-refractivity contribution is 7.85. The Balaban J connectivity index is 0.000000286. The van der Waals surface area contributed by atoms with Crippen LogP contribution in [0.1, 0.15) is 21.5 Å². The molecule has 36 heavy (non-hydrogen) atoms. The number of carbonyl (C=O) groups excluding carboxylic acids is 1. The second-order valence-corrected chi connectivity index (χ2v) is 10.7. The zero-order chi connectivity index (χ0) is 25.9. The summed E-state index contributed by atoms with van der Waals surface area (Å²) in [4.78, 5) is 23.4. The van der Waals surface area contributed by atoms with Crippen LogP contribution in [0.25, 0.3) is 21.1 Å². The summed E-state index contributed by atoms with van der Waals surface area (Å²) in [5.74, 6) is -0.878. The van der Waals surface area contributed by atoms with Crippen molar-refractivity contribution in [3.63, 3.8) is 0 Å². The molecule has 0 bridgehead atoms. The normalized spacial score (nSPS) is 11.4. The molecular weight excluding hydrogens is 498 g/mol. The molecule has 0 spiro atoms. The molecule has 0 aliphatic carbocycles. The number of nitrogens with zero attached hydrogens (tertiary/aromatic N) is 2. The predicted molar refractivity (Wildman–Crippen MR) is 143 cm³/mol. The second kappa shape index (κ2) is 10.5. The van der Waals surface area contributed by atoms with Gasteiger partial charge in [-0.2, -0.15) is 8.42 Å². The third-order valence-corrected chi connectivity index (χ3v) is 7.46. The van der Waals surface area contributed by atoms with Gasteiger partial charge in [0.1, 0.15) is 0 Å². The number of carbonyl (C=O) groups is 1. The van der Waals surface area contributed by atoms with Gasteiger partial charge in [0.15, 0.2) is 0 Å². The van der Waals surface area contributed by atoms with Crippen LogP contribution in [0, 0.1) is 6.92 Å². The van der Waals surface area contributed by atoms with E-state index in [0.717, 1.165) is 22.0 Å². The van der Waals surface area contributed by atoms with Gasteiger partial charge >= 0.3 is 5.69 Å². The summed E-state index contributed by atoms with van der Waals surface area (Å²) in [6.07, 6.45) is 0. The van der Waals surface area contributed by atoms with Crippen molar-refractivity contribution in [1.82, 2.24) is 9.13 Å². The molecule has 1 amide bonds. The van der Waals surface area contributed by atoms with Crippen molar-refractivity contribution in [2.75, 3.05) is 5.75 Å². The number of primary amides is 1. The molecule has 0 atom stereocenters. The highest BCUT2D eigenvalue weighted by Crippen LogP contribution is 2.29. The minimum atomic E-state index is -4.15. The average molecular weight is 524 g/mol. The molecule has 2 heterocycles. The van der Waals surface area contributed by atoms with Crippen LogP contribution in [0.4, 0.5) is 0 Å². The van der Waals surface area contributed by atoms with E-state index in [2.05, 4.69) is 24.4 Å². The Hall–Kier alpha value is -3.73. The summed E-state index contributed by atoms with van der Waals surface area (Å²) in [7, 11) is -4.15. The number of aromatic nitrogens is 2. The van der Waals surface area contributed by atoms with Crippen molar-refractivity contribution in [2.24, 2.45) is 5.73 Å². The minimum absolute atomic E-state index is 0.0887. The van der Waals surface area contributed by atoms with Crippen LogP contribution in [-0.4, -0.2) is 33.8 Å². The lowest BCUT2D eigenvalue weighted by Crippen LogP contribution is -2.27. The van der Waals surface area contributed by atoms with Crippen LogP contribution >= 0.6 is 11.3 Å². The van der Waals surface area contributed by atoms with E-state index in [1.54, 1.807) is 52.3 Å². The van der Waals surface area contributed by atoms with Crippen LogP contribution in [-0.2, 0) is 23.2 Å². The fraction of sp³-hybridized carbons (Fsp3) is 0.154. The van der Waals surface area contributed by atoms with Gasteiger partial charge in [-0.1, -0.05) is 42.5 Å². The molecule has 2 aromatic heterocycles. The number of aryl methyl sites for hydroxylation is 2. The molecule has 3 N–H and O–H groups in total. The third kappa shape index (κ3) is 5.56. The molecule has 10 heteroatoms. The maximum atomic E-state index is 13.0. The molecular formula is C26H25N3O5S2. The first-order chi connectivity index (χ1) is 17.2. The number of amides is 1. The zero-order valence-corrected chi connectivity index (χ0v) is 21.1. The molecule has 0 saturated heterocycles. The lowest BCUT2D eigenvalue weighted by Gasteiger charge is -2.04. The smallest absolute Gasteiger partial charge is 0.329 e. The first-order valence-corrected chi connectivity index (χ1v) is 13.6. The monoisotopic (exact) mass is 523 g/mol. The van der Waals surface area contributed by atoms with E-state index >= 15 is 0 Å². The lowest BCUT2D eigenvalue weighted by atomic mass is 10.1. The minimum Gasteiger partial charge on any atom is -0.366 e. The van der Waals surface area contributed by atoms with Crippen molar-refractivity contribution in [3.8, 4) is 0 Å². The molecule has 3 aromatic carbocycles. The second-order valence-electron chi connectivity index (χ2n) is 8.23. The van der Waals surface area contributed by atoms with E-state index < -0.39 is 15.9 Å². The number of thiophene rings is 1. The summed E-state index contributed by atoms with van der Waals surface area (Å²) in [6, 6.07) is 22.2. The van der Waals surface area contributed by atoms with Gasteiger partial charge in [0, 0.05) is 22.2 Å². The molecule has 0 radical (unpaired) electrons. The van der Waals surface area contributed by atoms with Crippen LogP contribution < -0.4 is 11.4 Å². The van der Waals surface area contributed by atoms with Gasteiger partial charge in [-0.05, 0) is 53.8 Å². The first kappa shape index (κ1) is 25.4. The van der Waals surface area contributed by atoms with Gasteiger partial charge < -0.3 is 5.73 Å². The molecule has 0 aliphatic rings.